The Bertz CT molecular complexity index is 824. The van der Waals surface area contributed by atoms with E-state index in [9.17, 15) is 4.79 Å². The van der Waals surface area contributed by atoms with Crippen molar-refractivity contribution in [2.24, 2.45) is 0 Å². The van der Waals surface area contributed by atoms with Gasteiger partial charge in [-0.3, -0.25) is 0 Å². The second-order valence-electron chi connectivity index (χ2n) is 4.44. The van der Waals surface area contributed by atoms with E-state index >= 15 is 0 Å². The Morgan fingerprint density at radius 1 is 1.15 bits per heavy atom. The molecule has 2 aromatic heterocycles. The molecule has 0 atom stereocenters. The molecular weight excluding hydrogens is 258 g/mol. The van der Waals surface area contributed by atoms with E-state index in [0.29, 0.717) is 28.4 Å². The van der Waals surface area contributed by atoms with E-state index in [4.69, 9.17) is 9.52 Å². The van der Waals surface area contributed by atoms with Gasteiger partial charge in [0, 0.05) is 18.2 Å². The maximum Gasteiger partial charge on any atom is 0.373 e. The van der Waals surface area contributed by atoms with Crippen molar-refractivity contribution in [3.8, 4) is 11.3 Å². The normalized spacial score (nSPS) is 10.9. The van der Waals surface area contributed by atoms with E-state index in [1.54, 1.807) is 26.0 Å². The zero-order chi connectivity index (χ0) is 14.3. The van der Waals surface area contributed by atoms with Gasteiger partial charge in [0.05, 0.1) is 5.69 Å². The number of hydrogen-bond acceptors (Lipinski definition) is 5. The molecule has 0 spiro atoms. The summed E-state index contributed by atoms with van der Waals surface area (Å²) < 4.78 is 5.41. The van der Waals surface area contributed by atoms with Crippen molar-refractivity contribution in [2.75, 3.05) is 0 Å². The molecule has 1 aromatic carbocycles. The summed E-state index contributed by atoms with van der Waals surface area (Å²) in [4.78, 5) is 23.2. The molecule has 6 heteroatoms. The third-order valence-corrected chi connectivity index (χ3v) is 2.84. The van der Waals surface area contributed by atoms with Crippen molar-refractivity contribution >= 4 is 17.1 Å². The highest BCUT2D eigenvalue weighted by Crippen LogP contribution is 2.23. The van der Waals surface area contributed by atoms with Crippen molar-refractivity contribution in [1.82, 2.24) is 15.0 Å². The lowest BCUT2D eigenvalue weighted by molar-refractivity contribution is 0.0683. The molecule has 1 N–H and O–H groups in total. The van der Waals surface area contributed by atoms with E-state index in [2.05, 4.69) is 15.0 Å². The first-order chi connectivity index (χ1) is 9.52. The zero-order valence-electron chi connectivity index (χ0n) is 10.9. The van der Waals surface area contributed by atoms with Gasteiger partial charge in [0.2, 0.25) is 5.82 Å². The molecule has 0 fully saturated rings. The molecule has 100 valence electrons. The van der Waals surface area contributed by atoms with Crippen LogP contribution in [-0.2, 0) is 0 Å². The van der Waals surface area contributed by atoms with Gasteiger partial charge in [0.15, 0.2) is 11.5 Å². The van der Waals surface area contributed by atoms with Crippen LogP contribution < -0.4 is 0 Å². The van der Waals surface area contributed by atoms with Gasteiger partial charge < -0.3 is 9.52 Å². The van der Waals surface area contributed by atoms with Crippen molar-refractivity contribution in [1.29, 1.82) is 0 Å². The summed E-state index contributed by atoms with van der Waals surface area (Å²) in [5, 5.41) is 9.00. The summed E-state index contributed by atoms with van der Waals surface area (Å²) in [6.07, 6.45) is 0. The van der Waals surface area contributed by atoms with Crippen molar-refractivity contribution in [3.05, 3.63) is 41.7 Å². The minimum absolute atomic E-state index is 0.212. The van der Waals surface area contributed by atoms with Crippen molar-refractivity contribution < 1.29 is 14.3 Å². The van der Waals surface area contributed by atoms with Crippen LogP contribution >= 0.6 is 0 Å². The first-order valence-corrected chi connectivity index (χ1v) is 5.99. The minimum atomic E-state index is -1.15. The van der Waals surface area contributed by atoms with Crippen LogP contribution in [0.1, 0.15) is 22.2 Å². The highest BCUT2D eigenvalue weighted by atomic mass is 16.4. The molecule has 0 aliphatic heterocycles. The van der Waals surface area contributed by atoms with Crippen LogP contribution in [0, 0.1) is 13.8 Å². The molecule has 6 nitrogen and oxygen atoms in total. The number of carboxylic acid groups (broad SMARTS) is 1. The molecule has 0 bridgehead atoms. The fourth-order valence-electron chi connectivity index (χ4n) is 2.01. The molecule has 0 aliphatic carbocycles. The summed E-state index contributed by atoms with van der Waals surface area (Å²) in [6.45, 7) is 3.51. The van der Waals surface area contributed by atoms with E-state index in [-0.39, 0.29) is 5.82 Å². The Labute approximate surface area is 114 Å². The number of nitrogens with zero attached hydrogens (tertiary/aromatic N) is 3. The lowest BCUT2D eigenvalue weighted by atomic mass is 10.1. The Hall–Kier alpha value is -2.76. The second kappa shape index (κ2) is 4.41. The smallest absolute Gasteiger partial charge is 0.373 e. The number of benzene rings is 1. The predicted molar refractivity (Wildman–Crippen MR) is 71.5 cm³/mol. The number of carbonyl (C=O) groups is 1. The second-order valence-corrected chi connectivity index (χ2v) is 4.44. The third kappa shape index (κ3) is 2.11. The molecule has 20 heavy (non-hydrogen) atoms. The Morgan fingerprint density at radius 3 is 2.70 bits per heavy atom. The Morgan fingerprint density at radius 2 is 1.95 bits per heavy atom. The molecule has 0 unspecified atom stereocenters. The van der Waals surface area contributed by atoms with Crippen LogP contribution in [0.2, 0.25) is 0 Å². The molecule has 3 rings (SSSR count). The van der Waals surface area contributed by atoms with Gasteiger partial charge in [-0.25, -0.2) is 19.7 Å². The maximum absolute atomic E-state index is 11.0. The zero-order valence-corrected chi connectivity index (χ0v) is 10.9. The molecule has 2 heterocycles. The standard InChI is InChI=1S/C14H11N3O3/c1-7-5-10(17-13(15-7)14(18)19)9-3-4-12-11(6-9)16-8(2)20-12/h3-6H,1-2H3,(H,18,19). The van der Waals surface area contributed by atoms with Gasteiger partial charge in [0.25, 0.3) is 0 Å². The van der Waals surface area contributed by atoms with E-state index in [1.165, 1.54) is 0 Å². The lowest BCUT2D eigenvalue weighted by Gasteiger charge is -2.03. The fraction of sp³-hybridized carbons (Fsp3) is 0.143. The molecule has 0 amide bonds. The van der Waals surface area contributed by atoms with Gasteiger partial charge in [-0.2, -0.15) is 0 Å². The van der Waals surface area contributed by atoms with Crippen LogP contribution in [0.25, 0.3) is 22.4 Å². The van der Waals surface area contributed by atoms with Crippen molar-refractivity contribution in [3.63, 3.8) is 0 Å². The number of rotatable bonds is 2. The van der Waals surface area contributed by atoms with Gasteiger partial charge in [-0.05, 0) is 31.2 Å². The third-order valence-electron chi connectivity index (χ3n) is 2.84. The molecule has 0 saturated carbocycles. The predicted octanol–water partition coefficient (Wildman–Crippen LogP) is 2.60. The van der Waals surface area contributed by atoms with Crippen molar-refractivity contribution in [2.45, 2.75) is 13.8 Å². The molecule has 0 saturated heterocycles. The molecule has 0 aliphatic rings. The van der Waals surface area contributed by atoms with Gasteiger partial charge in [-0.15, -0.1) is 0 Å². The van der Waals surface area contributed by atoms with Crippen LogP contribution in [0.5, 0.6) is 0 Å². The highest BCUT2D eigenvalue weighted by molar-refractivity contribution is 5.85. The number of aromatic nitrogens is 3. The fourth-order valence-corrected chi connectivity index (χ4v) is 2.01. The first-order valence-electron chi connectivity index (χ1n) is 5.99. The number of carboxylic acids is 1. The van der Waals surface area contributed by atoms with E-state index in [1.807, 2.05) is 12.1 Å². The average Bonchev–Trinajstić information content (AvgIpc) is 2.76. The Balaban J connectivity index is 2.16. The highest BCUT2D eigenvalue weighted by Gasteiger charge is 2.12. The average molecular weight is 269 g/mol. The van der Waals surface area contributed by atoms with Crippen LogP contribution in [0.3, 0.4) is 0 Å². The monoisotopic (exact) mass is 269 g/mol. The maximum atomic E-state index is 11.0. The largest absolute Gasteiger partial charge is 0.475 e. The van der Waals surface area contributed by atoms with Crippen LogP contribution in [-0.4, -0.2) is 26.0 Å². The Kier molecular flexibility index (Phi) is 2.71. The summed E-state index contributed by atoms with van der Waals surface area (Å²) in [7, 11) is 0. The number of oxazole rings is 1. The SMILES string of the molecule is Cc1cc(-c2ccc3oc(C)nc3c2)nc(C(=O)O)n1. The summed E-state index contributed by atoms with van der Waals surface area (Å²) >= 11 is 0. The number of aromatic carboxylic acids is 1. The molecule has 0 radical (unpaired) electrons. The number of aryl methyl sites for hydroxylation is 2. The molecular formula is C14H11N3O3. The van der Waals surface area contributed by atoms with E-state index in [0.717, 1.165) is 5.56 Å². The topological polar surface area (TPSA) is 89.1 Å². The van der Waals surface area contributed by atoms with Gasteiger partial charge in [-0.1, -0.05) is 0 Å². The first kappa shape index (κ1) is 12.3. The quantitative estimate of drug-likeness (QED) is 0.769. The minimum Gasteiger partial charge on any atom is -0.475 e. The van der Waals surface area contributed by atoms with E-state index < -0.39 is 5.97 Å². The summed E-state index contributed by atoms with van der Waals surface area (Å²) in [6, 6.07) is 7.17. The van der Waals surface area contributed by atoms with Gasteiger partial charge >= 0.3 is 5.97 Å². The molecule has 3 aromatic rings. The number of fused-ring (bicyclic) bond motifs is 1. The number of hydrogen-bond donors (Lipinski definition) is 1. The summed E-state index contributed by atoms with van der Waals surface area (Å²) in [5.41, 5.74) is 3.34. The van der Waals surface area contributed by atoms with Crippen LogP contribution in [0.4, 0.5) is 0 Å². The van der Waals surface area contributed by atoms with Crippen LogP contribution in [0.15, 0.2) is 28.7 Å². The summed E-state index contributed by atoms with van der Waals surface area (Å²) in [5.74, 6) is -0.771. The van der Waals surface area contributed by atoms with Gasteiger partial charge in [0.1, 0.15) is 5.52 Å². The lowest BCUT2D eigenvalue weighted by Crippen LogP contribution is -2.06.